The molecule has 0 saturated carbocycles. The second-order valence-electron chi connectivity index (χ2n) is 28.7. The van der Waals surface area contributed by atoms with E-state index in [4.69, 9.17) is 9.84 Å². The lowest BCUT2D eigenvalue weighted by Crippen LogP contribution is -2.46. The van der Waals surface area contributed by atoms with Crippen LogP contribution in [0.15, 0.2) is 149 Å². The second-order valence-corrected chi connectivity index (χ2v) is 33.2. The van der Waals surface area contributed by atoms with Gasteiger partial charge in [-0.05, 0) is 169 Å². The Labute approximate surface area is 627 Å². The number of aliphatic carboxylic acids is 3. The van der Waals surface area contributed by atoms with E-state index >= 15 is 0 Å². The van der Waals surface area contributed by atoms with Crippen molar-refractivity contribution >= 4 is 88.9 Å². The molecule has 3 amide bonds. The SMILES string of the molecule is CN(CCCC(=O)[C@H](CCC(=O)O)NC(=O)NCCCC(=O)O)CCN(C)CCC(=O)C[C@@H](Cc1ccccc1)C(=O)N[C@@H](Cc1ccc(OC2=C(/C=C/C3=[N+](CCCCS(=O)(=O)O)c4ccccc4C3(C)C)CCC/C2=C\C=C2\N(CCCCS(=O)(=O)O)c3ccc(S(=O)(=O)O)cc3C2(C)C)cc1)C(=O)O. The Hall–Kier alpha value is -8.75. The molecule has 9 N–H and O–H groups in total. The summed E-state index contributed by atoms with van der Waals surface area (Å²) < 4.78 is 110. The Morgan fingerprint density at radius 3 is 1.93 bits per heavy atom. The van der Waals surface area contributed by atoms with E-state index < -0.39 is 94.8 Å². The largest absolute Gasteiger partial charge is 0.481 e. The summed E-state index contributed by atoms with van der Waals surface area (Å²) in [5.74, 6) is -5.48. The molecule has 2 aliphatic heterocycles. The lowest BCUT2D eigenvalue weighted by atomic mass is 9.81. The van der Waals surface area contributed by atoms with Crippen LogP contribution in [0.25, 0.3) is 0 Å². The fraction of sp³-hybridized carbons (Fsp3) is 0.481. The quantitative estimate of drug-likeness (QED) is 0.0113. The molecule has 0 saturated heterocycles. The maximum Gasteiger partial charge on any atom is 0.326 e. The standard InChI is InChI=1S/C77H101N7O20S3/c1-76(2)61-23-10-11-24-65(61)83(42-12-14-47-105(95,96)97)68(76)36-29-55-21-16-22-56(30-37-69-77(3,4)62-52-60(107(101,102)103)33-35-66(62)84(69)43-13-15-48-106(98,99)100)72(55)104-59-31-27-54(28-32-59)50-64(74(92)93)79-73(91)57(49-53-19-8-7-9-20-53)51-58(85)39-44-82(6)46-45-81(5)41-18-25-67(86)63(34-38-71(89)90)80-75(94)78-40-17-26-70(87)88/h7-11,19-20,23-24,27-33,35-37,52,57,63-64H,12-18,21-22,25-26,34,38-51H2,1-6H3,(H8-,78,79,80,87,88,89,90,91,92,93,94,95,96,97,98,99,100,101,102,103)/p+1/t57-,63+,64+/m1/s1. The zero-order valence-corrected chi connectivity index (χ0v) is 64.0. The van der Waals surface area contributed by atoms with Crippen LogP contribution < -0.4 is 25.6 Å². The summed E-state index contributed by atoms with van der Waals surface area (Å²) in [6.45, 7) is 10.8. The van der Waals surface area contributed by atoms with Crippen molar-refractivity contribution in [2.45, 2.75) is 165 Å². The number of carboxylic acid groups (broad SMARTS) is 3. The minimum atomic E-state index is -4.61. The average molecular weight is 1540 g/mol. The average Bonchev–Trinajstić information content (AvgIpc) is 1.60. The van der Waals surface area contributed by atoms with Crippen LogP contribution >= 0.6 is 0 Å². The number of carboxylic acids is 3. The normalized spacial score (nSPS) is 16.6. The number of allylic oxidation sites excluding steroid dienone is 7. The molecule has 3 aliphatic rings. The molecule has 0 radical (unpaired) electrons. The number of likely N-dealkylation sites (N-methyl/N-ethyl adjacent to an activating group) is 2. The second kappa shape index (κ2) is 38.9. The Morgan fingerprint density at radius 2 is 1.28 bits per heavy atom. The maximum atomic E-state index is 14.4. The van der Waals surface area contributed by atoms with Gasteiger partial charge in [0.2, 0.25) is 11.6 Å². The lowest BCUT2D eigenvalue weighted by molar-refractivity contribution is -0.438. The molecule has 582 valence electrons. The molecule has 4 aromatic carbocycles. The number of carbonyl (C=O) groups is 7. The third-order valence-corrected chi connectivity index (χ3v) is 22.0. The van der Waals surface area contributed by atoms with E-state index in [1.165, 1.54) is 12.1 Å². The summed E-state index contributed by atoms with van der Waals surface area (Å²) >= 11 is 0. The molecular weight excluding hydrogens is 1440 g/mol. The Bertz CT molecular complexity index is 4380. The van der Waals surface area contributed by atoms with E-state index in [0.717, 1.165) is 39.4 Å². The van der Waals surface area contributed by atoms with Gasteiger partial charge in [0.15, 0.2) is 11.5 Å². The van der Waals surface area contributed by atoms with Crippen LogP contribution in [-0.4, -0.2) is 199 Å². The van der Waals surface area contributed by atoms with Gasteiger partial charge in [0.1, 0.15) is 29.9 Å². The van der Waals surface area contributed by atoms with Crippen LogP contribution in [0.3, 0.4) is 0 Å². The monoisotopic (exact) mass is 1540 g/mol. The smallest absolute Gasteiger partial charge is 0.326 e. The number of carbonyl (C=O) groups excluding carboxylic acids is 4. The zero-order valence-electron chi connectivity index (χ0n) is 61.6. The summed E-state index contributed by atoms with van der Waals surface area (Å²) in [4.78, 5) is 94.6. The molecule has 1 aliphatic carbocycles. The molecule has 27 nitrogen and oxygen atoms in total. The van der Waals surface area contributed by atoms with Crippen LogP contribution in [0, 0.1) is 5.92 Å². The predicted molar refractivity (Wildman–Crippen MR) is 405 cm³/mol. The van der Waals surface area contributed by atoms with Gasteiger partial charge in [0.25, 0.3) is 30.4 Å². The van der Waals surface area contributed by atoms with Crippen LogP contribution in [0.4, 0.5) is 16.2 Å². The van der Waals surface area contributed by atoms with Gasteiger partial charge >= 0.3 is 23.9 Å². The maximum absolute atomic E-state index is 14.4. The van der Waals surface area contributed by atoms with Gasteiger partial charge in [-0.3, -0.25) is 37.6 Å². The summed E-state index contributed by atoms with van der Waals surface area (Å²) in [7, 11) is -9.34. The minimum absolute atomic E-state index is 0.0582. The fourth-order valence-corrected chi connectivity index (χ4v) is 15.3. The number of ketones is 2. The zero-order chi connectivity index (χ0) is 78.4. The highest BCUT2D eigenvalue weighted by Crippen LogP contribution is 2.49. The van der Waals surface area contributed by atoms with Crippen LogP contribution in [0.2, 0.25) is 0 Å². The molecule has 4 aromatic rings. The number of hydrogen-bond acceptors (Lipinski definition) is 17. The van der Waals surface area contributed by atoms with Gasteiger partial charge in [0, 0.05) is 118 Å². The number of anilines is 1. The van der Waals surface area contributed by atoms with Crippen molar-refractivity contribution in [2.75, 3.05) is 76.3 Å². The van der Waals surface area contributed by atoms with Crippen LogP contribution in [-0.2, 0) is 82.8 Å². The van der Waals surface area contributed by atoms with Crippen molar-refractivity contribution < 1.29 is 97.1 Å². The van der Waals surface area contributed by atoms with Gasteiger partial charge in [-0.2, -0.15) is 29.8 Å². The Morgan fingerprint density at radius 1 is 0.636 bits per heavy atom. The molecule has 107 heavy (non-hydrogen) atoms. The van der Waals surface area contributed by atoms with Crippen molar-refractivity contribution in [1.29, 1.82) is 0 Å². The minimum Gasteiger partial charge on any atom is -0.481 e. The molecule has 0 spiro atoms. The third kappa shape index (κ3) is 26.3. The Balaban J connectivity index is 1.08. The number of rotatable bonds is 44. The van der Waals surface area contributed by atoms with Crippen molar-refractivity contribution in [3.8, 4) is 5.75 Å². The summed E-state index contributed by atoms with van der Waals surface area (Å²) in [5, 5.41) is 36.5. The van der Waals surface area contributed by atoms with Gasteiger partial charge < -0.3 is 50.7 Å². The van der Waals surface area contributed by atoms with Crippen molar-refractivity contribution in [3.63, 3.8) is 0 Å². The molecule has 0 aromatic heterocycles. The first-order chi connectivity index (χ1) is 50.4. The van der Waals surface area contributed by atoms with Crippen LogP contribution in [0.5, 0.6) is 5.75 Å². The highest BCUT2D eigenvalue weighted by atomic mass is 32.2. The van der Waals surface area contributed by atoms with Gasteiger partial charge in [0.05, 0.1) is 27.9 Å². The third-order valence-electron chi connectivity index (χ3n) is 19.5. The van der Waals surface area contributed by atoms with Gasteiger partial charge in [-0.1, -0.05) is 80.6 Å². The first-order valence-corrected chi connectivity index (χ1v) is 40.7. The summed E-state index contributed by atoms with van der Waals surface area (Å²) in [6.07, 6.45) is 10.8. The molecule has 0 bridgehead atoms. The van der Waals surface area contributed by atoms with Crippen molar-refractivity contribution in [3.05, 3.63) is 166 Å². The van der Waals surface area contributed by atoms with Gasteiger partial charge in [-0.15, -0.1) is 0 Å². The van der Waals surface area contributed by atoms with E-state index in [2.05, 4.69) is 40.4 Å². The number of ether oxygens (including phenoxy) is 1. The van der Waals surface area contributed by atoms with E-state index in [0.29, 0.717) is 99.6 Å². The number of amides is 3. The fourth-order valence-electron chi connectivity index (χ4n) is 13.6. The number of unbranched alkanes of at least 4 members (excludes halogenated alkanes) is 2. The number of urea groups is 1. The highest BCUT2D eigenvalue weighted by Gasteiger charge is 2.45. The van der Waals surface area contributed by atoms with Crippen molar-refractivity contribution in [2.24, 2.45) is 5.92 Å². The predicted octanol–water partition coefficient (Wildman–Crippen LogP) is 9.26. The summed E-state index contributed by atoms with van der Waals surface area (Å²) in [6, 6.07) is 25.0. The number of Topliss-reactive ketones (excluding diaryl/α,β-unsaturated/α-hetero) is 2. The molecular formula is C77H102N7O20S3+. The van der Waals surface area contributed by atoms with Crippen LogP contribution in [0.1, 0.15) is 146 Å². The van der Waals surface area contributed by atoms with E-state index in [1.54, 1.807) is 30.3 Å². The lowest BCUT2D eigenvalue weighted by Gasteiger charge is -2.27. The van der Waals surface area contributed by atoms with Crippen molar-refractivity contribution in [1.82, 2.24) is 25.8 Å². The highest BCUT2D eigenvalue weighted by molar-refractivity contribution is 7.86. The first kappa shape index (κ1) is 85.5. The number of nitrogens with one attached hydrogen (secondary N) is 3. The van der Waals surface area contributed by atoms with E-state index in [9.17, 15) is 82.7 Å². The number of nitrogens with zero attached hydrogens (tertiary/aromatic N) is 4. The summed E-state index contributed by atoms with van der Waals surface area (Å²) in [5.41, 5.74) is 6.42. The van der Waals surface area contributed by atoms with E-state index in [1.807, 2.05) is 115 Å². The van der Waals surface area contributed by atoms with Gasteiger partial charge in [-0.25, -0.2) is 9.59 Å². The first-order valence-electron chi connectivity index (χ1n) is 36.0. The molecule has 30 heteroatoms. The topological polar surface area (TPSA) is 401 Å². The molecule has 0 unspecified atom stereocenters. The number of benzene rings is 4. The molecule has 7 rings (SSSR count). The molecule has 0 fully saturated rings. The van der Waals surface area contributed by atoms with E-state index in [-0.39, 0.29) is 106 Å². The Kier molecular flexibility index (Phi) is 31.1. The number of fused-ring (bicyclic) bond motifs is 2. The molecule has 3 atom stereocenters. The number of para-hydroxylation sites is 1. The molecule has 2 heterocycles. The number of hydrogen-bond donors (Lipinski definition) is 9.